The van der Waals surface area contributed by atoms with E-state index in [9.17, 15) is 4.79 Å². The van der Waals surface area contributed by atoms with Crippen molar-refractivity contribution in [2.24, 2.45) is 0 Å². The summed E-state index contributed by atoms with van der Waals surface area (Å²) in [5, 5.41) is 3.82. The molecule has 1 aliphatic carbocycles. The van der Waals surface area contributed by atoms with E-state index in [1.54, 1.807) is 11.8 Å². The van der Waals surface area contributed by atoms with Gasteiger partial charge < -0.3 is 10.1 Å². The molecular formula is C18H21NO2S2. The maximum Gasteiger partial charge on any atom is 0.307 e. The van der Waals surface area contributed by atoms with Crippen molar-refractivity contribution >= 4 is 34.1 Å². The number of esters is 1. The lowest BCUT2D eigenvalue weighted by Crippen LogP contribution is -2.19. The first kappa shape index (κ1) is 16.5. The fourth-order valence-electron chi connectivity index (χ4n) is 3.00. The molecule has 2 atom stereocenters. The van der Waals surface area contributed by atoms with E-state index >= 15 is 0 Å². The molecule has 23 heavy (non-hydrogen) atoms. The fourth-order valence-corrected chi connectivity index (χ4v) is 4.66. The number of rotatable bonds is 5. The van der Waals surface area contributed by atoms with E-state index in [0.29, 0.717) is 13.0 Å². The van der Waals surface area contributed by atoms with Crippen LogP contribution in [0, 0.1) is 0 Å². The van der Waals surface area contributed by atoms with Gasteiger partial charge in [0.15, 0.2) is 0 Å². The SMILES string of the molecule is C[C@@H](NC1=C(C(=S)SC2COC(=O)C2)CCC1)c1ccccc1. The van der Waals surface area contributed by atoms with E-state index in [4.69, 9.17) is 17.0 Å². The van der Waals surface area contributed by atoms with Gasteiger partial charge >= 0.3 is 5.97 Å². The zero-order chi connectivity index (χ0) is 16.2. The Kier molecular flexibility index (Phi) is 5.38. The van der Waals surface area contributed by atoms with Crippen molar-refractivity contribution in [2.45, 2.75) is 43.9 Å². The van der Waals surface area contributed by atoms with Crippen LogP contribution >= 0.6 is 24.0 Å². The Morgan fingerprint density at radius 1 is 1.35 bits per heavy atom. The molecule has 5 heteroatoms. The van der Waals surface area contributed by atoms with E-state index in [-0.39, 0.29) is 17.3 Å². The van der Waals surface area contributed by atoms with Gasteiger partial charge in [0.2, 0.25) is 0 Å². The van der Waals surface area contributed by atoms with Crippen LogP contribution < -0.4 is 5.32 Å². The Morgan fingerprint density at radius 2 is 2.13 bits per heavy atom. The van der Waals surface area contributed by atoms with Crippen LogP contribution in [0.1, 0.15) is 44.2 Å². The fraction of sp³-hybridized carbons (Fsp3) is 0.444. The molecule has 0 spiro atoms. The van der Waals surface area contributed by atoms with E-state index in [1.807, 2.05) is 6.07 Å². The summed E-state index contributed by atoms with van der Waals surface area (Å²) in [6, 6.07) is 10.7. The lowest BCUT2D eigenvalue weighted by atomic mass is 10.1. The molecule has 1 fully saturated rings. The van der Waals surface area contributed by atoms with Gasteiger partial charge in [0.05, 0.1) is 15.9 Å². The molecule has 1 aromatic rings. The summed E-state index contributed by atoms with van der Waals surface area (Å²) in [6.07, 6.45) is 3.69. The van der Waals surface area contributed by atoms with Crippen molar-refractivity contribution in [2.75, 3.05) is 6.61 Å². The van der Waals surface area contributed by atoms with Gasteiger partial charge in [-0.05, 0) is 37.3 Å². The third kappa shape index (κ3) is 4.15. The summed E-state index contributed by atoms with van der Waals surface area (Å²) in [4.78, 5) is 11.2. The quantitative estimate of drug-likeness (QED) is 0.640. The minimum Gasteiger partial charge on any atom is -0.464 e. The van der Waals surface area contributed by atoms with Gasteiger partial charge in [0.1, 0.15) is 6.61 Å². The average molecular weight is 348 g/mol. The summed E-state index contributed by atoms with van der Waals surface area (Å²) in [6.45, 7) is 2.66. The van der Waals surface area contributed by atoms with Crippen molar-refractivity contribution in [3.63, 3.8) is 0 Å². The molecule has 1 heterocycles. The van der Waals surface area contributed by atoms with Crippen LogP contribution in [0.4, 0.5) is 0 Å². The van der Waals surface area contributed by atoms with Crippen LogP contribution in [0.15, 0.2) is 41.6 Å². The average Bonchev–Trinajstić information content (AvgIpc) is 3.17. The van der Waals surface area contributed by atoms with Gasteiger partial charge in [-0.3, -0.25) is 4.79 Å². The standard InChI is InChI=1S/C18H21NO2S2/c1-12(13-6-3-2-4-7-13)19-16-9-5-8-15(16)18(22)23-14-10-17(20)21-11-14/h2-4,6-7,12,14,19H,5,8-11H2,1H3/t12-,14?/m1/s1. The van der Waals surface area contributed by atoms with Crippen molar-refractivity contribution in [1.29, 1.82) is 0 Å². The molecule has 1 N–H and O–H groups in total. The van der Waals surface area contributed by atoms with Crippen molar-refractivity contribution < 1.29 is 9.53 Å². The molecule has 0 bridgehead atoms. The number of hydrogen-bond donors (Lipinski definition) is 1. The highest BCUT2D eigenvalue weighted by Crippen LogP contribution is 2.34. The summed E-state index contributed by atoms with van der Waals surface area (Å²) in [5.74, 6) is -0.109. The Bertz CT molecular complexity index is 627. The largest absolute Gasteiger partial charge is 0.464 e. The van der Waals surface area contributed by atoms with Crippen LogP contribution in [0.3, 0.4) is 0 Å². The molecule has 0 amide bonds. The van der Waals surface area contributed by atoms with E-state index in [0.717, 1.165) is 23.5 Å². The molecule has 3 nitrogen and oxygen atoms in total. The molecule has 3 rings (SSSR count). The van der Waals surface area contributed by atoms with Gasteiger partial charge in [-0.2, -0.15) is 0 Å². The van der Waals surface area contributed by atoms with Crippen LogP contribution in [-0.2, 0) is 9.53 Å². The molecule has 1 unspecified atom stereocenters. The zero-order valence-corrected chi connectivity index (χ0v) is 14.8. The first-order valence-corrected chi connectivity index (χ1v) is 9.32. The molecular weight excluding hydrogens is 326 g/mol. The lowest BCUT2D eigenvalue weighted by molar-refractivity contribution is -0.137. The number of thioether (sulfide) groups is 1. The summed E-state index contributed by atoms with van der Waals surface area (Å²) in [7, 11) is 0. The predicted octanol–water partition coefficient (Wildman–Crippen LogP) is 4.15. The highest BCUT2D eigenvalue weighted by atomic mass is 32.2. The van der Waals surface area contributed by atoms with E-state index in [2.05, 4.69) is 36.5 Å². The molecule has 1 saturated heterocycles. The van der Waals surface area contributed by atoms with Gasteiger partial charge in [-0.15, -0.1) is 11.8 Å². The number of benzene rings is 1. The molecule has 2 aliphatic rings. The van der Waals surface area contributed by atoms with Gasteiger partial charge in [-0.1, -0.05) is 42.5 Å². The number of carbonyl (C=O) groups is 1. The number of cyclic esters (lactones) is 1. The highest BCUT2D eigenvalue weighted by molar-refractivity contribution is 8.24. The van der Waals surface area contributed by atoms with Gasteiger partial charge in [0, 0.05) is 11.7 Å². The molecule has 0 saturated carbocycles. The van der Waals surface area contributed by atoms with E-state index in [1.165, 1.54) is 16.8 Å². The molecule has 0 radical (unpaired) electrons. The molecule has 1 aliphatic heterocycles. The lowest BCUT2D eigenvalue weighted by Gasteiger charge is -2.19. The van der Waals surface area contributed by atoms with Crippen molar-refractivity contribution in [1.82, 2.24) is 5.32 Å². The Morgan fingerprint density at radius 3 is 2.83 bits per heavy atom. The van der Waals surface area contributed by atoms with Crippen LogP contribution in [-0.4, -0.2) is 22.0 Å². The van der Waals surface area contributed by atoms with Crippen molar-refractivity contribution in [3.8, 4) is 0 Å². The Balaban J connectivity index is 1.66. The number of carbonyl (C=O) groups excluding carboxylic acids is 1. The molecule has 0 aromatic heterocycles. The van der Waals surface area contributed by atoms with Gasteiger partial charge in [-0.25, -0.2) is 0 Å². The minimum absolute atomic E-state index is 0.109. The smallest absolute Gasteiger partial charge is 0.307 e. The monoisotopic (exact) mass is 347 g/mol. The summed E-state index contributed by atoms with van der Waals surface area (Å²) in [5.41, 5.74) is 3.80. The molecule has 1 aromatic carbocycles. The van der Waals surface area contributed by atoms with Crippen molar-refractivity contribution in [3.05, 3.63) is 47.2 Å². The Labute approximate surface area is 146 Å². The van der Waals surface area contributed by atoms with Gasteiger partial charge in [0.25, 0.3) is 0 Å². The second-order valence-electron chi connectivity index (χ2n) is 6.00. The minimum atomic E-state index is -0.109. The van der Waals surface area contributed by atoms with E-state index < -0.39 is 0 Å². The van der Waals surface area contributed by atoms with Crippen LogP contribution in [0.25, 0.3) is 0 Å². The molecule has 122 valence electrons. The maximum absolute atomic E-state index is 11.2. The third-order valence-corrected chi connectivity index (χ3v) is 5.88. The Hall–Kier alpha value is -1.33. The first-order valence-electron chi connectivity index (χ1n) is 8.03. The summed E-state index contributed by atoms with van der Waals surface area (Å²) >= 11 is 7.26. The number of allylic oxidation sites excluding steroid dienone is 1. The predicted molar refractivity (Wildman–Crippen MR) is 98.4 cm³/mol. The zero-order valence-electron chi connectivity index (χ0n) is 13.2. The third-order valence-electron chi connectivity index (χ3n) is 4.25. The topological polar surface area (TPSA) is 38.3 Å². The number of ether oxygens (including phenoxy) is 1. The summed E-state index contributed by atoms with van der Waals surface area (Å²) < 4.78 is 5.95. The number of nitrogens with one attached hydrogen (secondary N) is 1. The second-order valence-corrected chi connectivity index (χ2v) is 7.98. The highest BCUT2D eigenvalue weighted by Gasteiger charge is 2.28. The van der Waals surface area contributed by atoms with Crippen LogP contribution in [0.5, 0.6) is 0 Å². The number of hydrogen-bond acceptors (Lipinski definition) is 5. The maximum atomic E-state index is 11.2. The number of thiocarbonyl (C=S) groups is 1. The second kappa shape index (κ2) is 7.49. The van der Waals surface area contributed by atoms with Crippen LogP contribution in [0.2, 0.25) is 0 Å². The first-order chi connectivity index (χ1) is 11.1. The normalized spacial score (nSPS) is 22.1.